The Morgan fingerprint density at radius 3 is 2.57 bits per heavy atom. The predicted octanol–water partition coefficient (Wildman–Crippen LogP) is 3.38. The number of aromatic hydroxyl groups is 1. The fourth-order valence-electron chi connectivity index (χ4n) is 3.65. The smallest absolute Gasteiger partial charge is 0.226 e. The van der Waals surface area contributed by atoms with E-state index in [1.165, 1.54) is 7.11 Å². The number of anilines is 1. The van der Waals surface area contributed by atoms with Crippen LogP contribution in [0.15, 0.2) is 42.5 Å². The van der Waals surface area contributed by atoms with Crippen LogP contribution in [0.2, 0.25) is 0 Å². The van der Waals surface area contributed by atoms with Gasteiger partial charge in [0.2, 0.25) is 5.91 Å². The van der Waals surface area contributed by atoms with Gasteiger partial charge in [-0.05, 0) is 48.9 Å². The van der Waals surface area contributed by atoms with Gasteiger partial charge in [-0.3, -0.25) is 4.79 Å². The van der Waals surface area contributed by atoms with Gasteiger partial charge < -0.3 is 19.9 Å². The second-order valence-corrected chi connectivity index (χ2v) is 6.69. The summed E-state index contributed by atoms with van der Waals surface area (Å²) in [5.41, 5.74) is 3.52. The summed E-state index contributed by atoms with van der Waals surface area (Å²) in [4.78, 5) is 12.5. The summed E-state index contributed by atoms with van der Waals surface area (Å²) in [5, 5.41) is 17.5. The lowest BCUT2D eigenvalue weighted by atomic mass is 9.85. The number of aryl methyl sites for hydroxylation is 1. The van der Waals surface area contributed by atoms with E-state index >= 15 is 0 Å². The predicted molar refractivity (Wildman–Crippen MR) is 105 cm³/mol. The van der Waals surface area contributed by atoms with Crippen LogP contribution in [0.4, 0.5) is 5.82 Å². The Morgan fingerprint density at radius 1 is 1.14 bits per heavy atom. The minimum atomic E-state index is -0.176. The lowest BCUT2D eigenvalue weighted by molar-refractivity contribution is -0.116. The maximum Gasteiger partial charge on any atom is 0.226 e. The van der Waals surface area contributed by atoms with Crippen molar-refractivity contribution in [2.75, 3.05) is 19.5 Å². The molecule has 28 heavy (non-hydrogen) atoms. The number of nitrogens with one attached hydrogen (secondary N) is 1. The van der Waals surface area contributed by atoms with Crippen LogP contribution < -0.4 is 14.8 Å². The molecule has 3 aromatic rings. The van der Waals surface area contributed by atoms with Gasteiger partial charge in [0, 0.05) is 17.9 Å². The Bertz CT molecular complexity index is 1040. The Morgan fingerprint density at radius 2 is 1.89 bits per heavy atom. The molecule has 2 aromatic carbocycles. The number of benzene rings is 2. The molecule has 0 fully saturated rings. The normalized spacial score (nSPS) is 15.7. The number of amides is 1. The minimum Gasteiger partial charge on any atom is -0.504 e. The number of hydrogen-bond donors (Lipinski definition) is 2. The van der Waals surface area contributed by atoms with Crippen LogP contribution in [0, 0.1) is 6.92 Å². The van der Waals surface area contributed by atoms with Crippen molar-refractivity contribution in [1.29, 1.82) is 0 Å². The van der Waals surface area contributed by atoms with E-state index in [4.69, 9.17) is 9.47 Å². The summed E-state index contributed by atoms with van der Waals surface area (Å²) in [5.74, 6) is 1.60. The van der Waals surface area contributed by atoms with Crippen molar-refractivity contribution in [3.05, 3.63) is 59.3 Å². The monoisotopic (exact) mass is 379 g/mol. The average molecular weight is 379 g/mol. The van der Waals surface area contributed by atoms with Crippen molar-refractivity contribution < 1.29 is 19.4 Å². The van der Waals surface area contributed by atoms with E-state index < -0.39 is 0 Å². The highest BCUT2D eigenvalue weighted by Crippen LogP contribution is 2.42. The van der Waals surface area contributed by atoms with Gasteiger partial charge in [0.1, 0.15) is 11.6 Å². The summed E-state index contributed by atoms with van der Waals surface area (Å²) >= 11 is 0. The van der Waals surface area contributed by atoms with Gasteiger partial charge in [-0.25, -0.2) is 4.68 Å². The number of hydrogen-bond acceptors (Lipinski definition) is 5. The second kappa shape index (κ2) is 6.92. The summed E-state index contributed by atoms with van der Waals surface area (Å²) in [7, 11) is 3.12. The first-order valence-electron chi connectivity index (χ1n) is 8.92. The third-order valence-corrected chi connectivity index (χ3v) is 5.03. The molecule has 1 aliphatic rings. The Balaban J connectivity index is 1.83. The van der Waals surface area contributed by atoms with Gasteiger partial charge in [0.05, 0.1) is 25.6 Å². The number of carbonyl (C=O) groups is 1. The number of ether oxygens (including phenoxy) is 2. The molecule has 0 bridgehead atoms. The van der Waals surface area contributed by atoms with Crippen LogP contribution in [0.3, 0.4) is 0 Å². The molecule has 0 spiro atoms. The molecule has 1 aromatic heterocycles. The van der Waals surface area contributed by atoms with E-state index in [2.05, 4.69) is 10.4 Å². The minimum absolute atomic E-state index is 0.0670. The summed E-state index contributed by atoms with van der Waals surface area (Å²) in [6.07, 6.45) is 0.302. The van der Waals surface area contributed by atoms with Gasteiger partial charge in [-0.15, -0.1) is 0 Å². The lowest BCUT2D eigenvalue weighted by Crippen LogP contribution is -2.25. The summed E-state index contributed by atoms with van der Waals surface area (Å²) in [6.45, 7) is 1.93. The molecule has 0 saturated heterocycles. The van der Waals surface area contributed by atoms with Crippen molar-refractivity contribution in [3.8, 4) is 22.9 Å². The molecule has 2 heterocycles. The quantitative estimate of drug-likeness (QED) is 0.726. The zero-order valence-electron chi connectivity index (χ0n) is 15.9. The molecule has 1 amide bonds. The van der Waals surface area contributed by atoms with Crippen LogP contribution in [0.1, 0.15) is 29.2 Å². The lowest BCUT2D eigenvalue weighted by Gasteiger charge is -2.25. The number of phenols is 1. The number of fused-ring (bicyclic) bond motifs is 1. The number of aromatic nitrogens is 2. The highest BCUT2D eigenvalue weighted by molar-refractivity contribution is 5.95. The topological polar surface area (TPSA) is 85.6 Å². The van der Waals surface area contributed by atoms with E-state index in [-0.39, 0.29) is 17.6 Å². The summed E-state index contributed by atoms with van der Waals surface area (Å²) in [6, 6.07) is 12.7. The molecule has 0 saturated carbocycles. The van der Waals surface area contributed by atoms with Crippen molar-refractivity contribution in [3.63, 3.8) is 0 Å². The molecule has 2 N–H and O–H groups in total. The SMILES string of the molecule is COc1ccc(-n2nc(C)c3c2NC(=O)C[C@H]3c2ccc(O)c(OC)c2)cc1. The molecule has 4 rings (SSSR count). The van der Waals surface area contributed by atoms with Gasteiger partial charge in [-0.2, -0.15) is 5.10 Å². The van der Waals surface area contributed by atoms with E-state index in [1.807, 2.05) is 37.3 Å². The van der Waals surface area contributed by atoms with E-state index in [9.17, 15) is 9.90 Å². The number of carbonyl (C=O) groups excluding carboxylic acids is 1. The number of rotatable bonds is 4. The first-order chi connectivity index (χ1) is 13.5. The highest BCUT2D eigenvalue weighted by Gasteiger charge is 2.33. The van der Waals surface area contributed by atoms with Gasteiger partial charge in [-0.1, -0.05) is 6.07 Å². The molecule has 144 valence electrons. The number of nitrogens with zero attached hydrogens (tertiary/aromatic N) is 2. The van der Waals surface area contributed by atoms with Gasteiger partial charge in [0.25, 0.3) is 0 Å². The van der Waals surface area contributed by atoms with Gasteiger partial charge in [0.15, 0.2) is 11.5 Å². The Labute approximate surface area is 162 Å². The Hall–Kier alpha value is -3.48. The van der Waals surface area contributed by atoms with Crippen LogP contribution in [0.5, 0.6) is 17.2 Å². The zero-order valence-corrected chi connectivity index (χ0v) is 15.9. The van der Waals surface area contributed by atoms with Crippen LogP contribution >= 0.6 is 0 Å². The average Bonchev–Trinajstić information content (AvgIpc) is 3.04. The highest BCUT2D eigenvalue weighted by atomic mass is 16.5. The molecule has 0 unspecified atom stereocenters. The largest absolute Gasteiger partial charge is 0.504 e. The zero-order chi connectivity index (χ0) is 19.8. The molecule has 7 nitrogen and oxygen atoms in total. The fourth-order valence-corrected chi connectivity index (χ4v) is 3.65. The molecular formula is C21H21N3O4. The molecular weight excluding hydrogens is 358 g/mol. The molecule has 1 atom stereocenters. The molecule has 1 aliphatic heterocycles. The third-order valence-electron chi connectivity index (χ3n) is 5.03. The van der Waals surface area contributed by atoms with Crippen molar-refractivity contribution in [1.82, 2.24) is 9.78 Å². The molecule has 0 radical (unpaired) electrons. The molecule has 7 heteroatoms. The van der Waals surface area contributed by atoms with Crippen molar-refractivity contribution in [2.45, 2.75) is 19.3 Å². The van der Waals surface area contributed by atoms with Gasteiger partial charge >= 0.3 is 0 Å². The van der Waals surface area contributed by atoms with Crippen LogP contribution in [0.25, 0.3) is 5.69 Å². The first-order valence-corrected chi connectivity index (χ1v) is 8.92. The van der Waals surface area contributed by atoms with Crippen molar-refractivity contribution >= 4 is 11.7 Å². The van der Waals surface area contributed by atoms with E-state index in [1.54, 1.807) is 23.9 Å². The number of methoxy groups -OCH3 is 2. The van der Waals surface area contributed by atoms with E-state index in [0.29, 0.717) is 18.0 Å². The maximum atomic E-state index is 12.5. The van der Waals surface area contributed by atoms with Crippen LogP contribution in [-0.4, -0.2) is 35.0 Å². The number of phenolic OH excluding ortho intramolecular Hbond substituents is 1. The van der Waals surface area contributed by atoms with E-state index in [0.717, 1.165) is 28.3 Å². The maximum absolute atomic E-state index is 12.5. The fraction of sp³-hybridized carbons (Fsp3) is 0.238. The summed E-state index contributed by atoms with van der Waals surface area (Å²) < 4.78 is 12.2. The third kappa shape index (κ3) is 2.94. The standard InChI is InChI=1S/C21H21N3O4/c1-12-20-16(13-4-9-17(25)18(10-13)28-3)11-19(26)22-21(20)24(23-12)14-5-7-15(27-2)8-6-14/h4-10,16,25H,11H2,1-3H3,(H,22,26)/t16-/m0/s1. The second-order valence-electron chi connectivity index (χ2n) is 6.69. The van der Waals surface area contributed by atoms with Crippen LogP contribution in [-0.2, 0) is 4.79 Å². The Kier molecular flexibility index (Phi) is 4.43. The van der Waals surface area contributed by atoms with Crippen molar-refractivity contribution in [2.24, 2.45) is 0 Å². The molecule has 0 aliphatic carbocycles. The first kappa shape index (κ1) is 17.9.